The number of halogens is 2. The first kappa shape index (κ1) is 17.9. The Morgan fingerprint density at radius 3 is 2.58 bits per heavy atom. The van der Waals surface area contributed by atoms with Gasteiger partial charge in [-0.3, -0.25) is 20.0 Å². The van der Waals surface area contributed by atoms with Crippen LogP contribution in [0.2, 0.25) is 5.02 Å². The molecule has 0 aliphatic carbocycles. The molecule has 0 radical (unpaired) electrons. The second-order valence-corrected chi connectivity index (χ2v) is 6.37. The lowest BCUT2D eigenvalue weighted by atomic mass is 10.2. The van der Waals surface area contributed by atoms with Crippen LogP contribution in [-0.2, 0) is 0 Å². The Morgan fingerprint density at radius 2 is 1.96 bits per heavy atom. The number of non-ortho nitro benzene ring substituents is 1. The van der Waals surface area contributed by atoms with Gasteiger partial charge in [-0.25, -0.2) is 0 Å². The largest absolute Gasteiger partial charge is 0.457 e. The number of nitro benzene ring substituents is 1. The Morgan fingerprint density at radius 1 is 1.23 bits per heavy atom. The highest BCUT2D eigenvalue weighted by Gasteiger charge is 2.16. The van der Waals surface area contributed by atoms with E-state index in [2.05, 4.69) is 31.4 Å². The van der Waals surface area contributed by atoms with E-state index in [1.807, 2.05) is 0 Å². The van der Waals surface area contributed by atoms with Crippen molar-refractivity contribution in [1.82, 2.24) is 10.2 Å². The van der Waals surface area contributed by atoms with Gasteiger partial charge in [-0.05, 0) is 40.2 Å². The number of aromatic amines is 1. The van der Waals surface area contributed by atoms with Crippen molar-refractivity contribution in [3.63, 3.8) is 0 Å². The van der Waals surface area contributed by atoms with Crippen molar-refractivity contribution in [2.24, 2.45) is 0 Å². The zero-order valence-electron chi connectivity index (χ0n) is 12.9. The highest BCUT2D eigenvalue weighted by molar-refractivity contribution is 9.10. The van der Waals surface area contributed by atoms with E-state index in [-0.39, 0.29) is 22.8 Å². The number of hydrogen-bond acceptors (Lipinski definition) is 5. The molecule has 0 saturated carbocycles. The quantitative estimate of drug-likeness (QED) is 0.441. The summed E-state index contributed by atoms with van der Waals surface area (Å²) in [5.74, 6) is 0.135. The molecule has 8 nitrogen and oxygen atoms in total. The smallest absolute Gasteiger partial charge is 0.275 e. The molecule has 0 spiro atoms. The number of aromatic nitrogens is 2. The van der Waals surface area contributed by atoms with E-state index in [0.29, 0.717) is 15.2 Å². The molecule has 26 heavy (non-hydrogen) atoms. The first-order chi connectivity index (χ1) is 12.4. The molecular weight excluding hydrogens is 428 g/mol. The molecule has 3 rings (SSSR count). The van der Waals surface area contributed by atoms with Crippen molar-refractivity contribution >= 4 is 44.8 Å². The molecule has 10 heteroatoms. The molecule has 2 aromatic carbocycles. The Hall–Kier alpha value is -2.91. The van der Waals surface area contributed by atoms with Gasteiger partial charge in [0.05, 0.1) is 27.3 Å². The van der Waals surface area contributed by atoms with Gasteiger partial charge in [0, 0.05) is 17.2 Å². The SMILES string of the molecule is O=C(Nc1cc(Oc2ccc(Cl)cc2)cc([N+](=O)[O-])c1)c1[nH]ncc1Br. The van der Waals surface area contributed by atoms with Crippen molar-refractivity contribution in [3.8, 4) is 11.5 Å². The van der Waals surface area contributed by atoms with Gasteiger partial charge < -0.3 is 10.1 Å². The minimum Gasteiger partial charge on any atom is -0.457 e. The van der Waals surface area contributed by atoms with E-state index in [0.717, 1.165) is 0 Å². The fourth-order valence-electron chi connectivity index (χ4n) is 2.08. The second-order valence-electron chi connectivity index (χ2n) is 5.08. The number of anilines is 1. The molecule has 0 saturated heterocycles. The highest BCUT2D eigenvalue weighted by atomic mass is 79.9. The number of nitrogens with one attached hydrogen (secondary N) is 2. The number of rotatable bonds is 5. The van der Waals surface area contributed by atoms with Gasteiger partial charge in [-0.1, -0.05) is 11.6 Å². The van der Waals surface area contributed by atoms with Gasteiger partial charge in [0.2, 0.25) is 0 Å². The molecule has 0 atom stereocenters. The summed E-state index contributed by atoms with van der Waals surface area (Å²) in [4.78, 5) is 22.8. The molecule has 0 aliphatic heterocycles. The zero-order chi connectivity index (χ0) is 18.7. The summed E-state index contributed by atoms with van der Waals surface area (Å²) in [5.41, 5.74) is 0.168. The fraction of sp³-hybridized carbons (Fsp3) is 0. The van der Waals surface area contributed by atoms with Crippen LogP contribution >= 0.6 is 27.5 Å². The van der Waals surface area contributed by atoms with Crippen molar-refractivity contribution in [1.29, 1.82) is 0 Å². The number of H-pyrrole nitrogens is 1. The predicted octanol–water partition coefficient (Wildman–Crippen LogP) is 4.78. The number of nitro groups is 1. The molecule has 0 fully saturated rings. The molecule has 3 aromatic rings. The summed E-state index contributed by atoms with van der Waals surface area (Å²) < 4.78 is 6.09. The van der Waals surface area contributed by atoms with E-state index in [1.54, 1.807) is 24.3 Å². The Bertz CT molecular complexity index is 975. The third-order valence-electron chi connectivity index (χ3n) is 3.23. The Labute approximate surface area is 160 Å². The van der Waals surface area contributed by atoms with Crippen LogP contribution in [0.3, 0.4) is 0 Å². The van der Waals surface area contributed by atoms with Crippen molar-refractivity contribution in [2.75, 3.05) is 5.32 Å². The highest BCUT2D eigenvalue weighted by Crippen LogP contribution is 2.30. The molecule has 2 N–H and O–H groups in total. The van der Waals surface area contributed by atoms with Crippen LogP contribution in [0.25, 0.3) is 0 Å². The van der Waals surface area contributed by atoms with E-state index in [9.17, 15) is 14.9 Å². The number of benzene rings is 2. The van der Waals surface area contributed by atoms with Crippen LogP contribution in [0.15, 0.2) is 53.1 Å². The molecule has 0 bridgehead atoms. The number of ether oxygens (including phenoxy) is 1. The van der Waals surface area contributed by atoms with Crippen molar-refractivity contribution in [3.05, 3.63) is 74.0 Å². The van der Waals surface area contributed by atoms with Gasteiger partial charge in [0.1, 0.15) is 17.2 Å². The van der Waals surface area contributed by atoms with Crippen LogP contribution in [0.4, 0.5) is 11.4 Å². The third kappa shape index (κ3) is 4.19. The van der Waals surface area contributed by atoms with Gasteiger partial charge in [-0.15, -0.1) is 0 Å². The minimum atomic E-state index is -0.573. The fourth-order valence-corrected chi connectivity index (χ4v) is 2.58. The summed E-state index contributed by atoms with van der Waals surface area (Å²) >= 11 is 9.01. The number of nitrogens with zero attached hydrogens (tertiary/aromatic N) is 2. The number of carbonyl (C=O) groups is 1. The second kappa shape index (κ2) is 7.54. The molecule has 1 aromatic heterocycles. The summed E-state index contributed by atoms with van der Waals surface area (Å²) in [5, 5.41) is 20.5. The number of hydrogen-bond donors (Lipinski definition) is 2. The molecule has 132 valence electrons. The normalized spacial score (nSPS) is 10.4. The van der Waals surface area contributed by atoms with Crippen molar-refractivity contribution < 1.29 is 14.5 Å². The van der Waals surface area contributed by atoms with E-state index in [1.165, 1.54) is 24.4 Å². The molecule has 1 heterocycles. The molecule has 0 unspecified atom stereocenters. The molecular formula is C16H10BrClN4O4. The Balaban J connectivity index is 1.88. The maximum Gasteiger partial charge on any atom is 0.275 e. The summed E-state index contributed by atoms with van der Waals surface area (Å²) in [6, 6.07) is 10.5. The van der Waals surface area contributed by atoms with Gasteiger partial charge >= 0.3 is 0 Å². The third-order valence-corrected chi connectivity index (χ3v) is 4.08. The van der Waals surface area contributed by atoms with Crippen LogP contribution in [0.1, 0.15) is 10.5 Å². The van der Waals surface area contributed by atoms with E-state index < -0.39 is 10.8 Å². The van der Waals surface area contributed by atoms with Gasteiger partial charge in [0.15, 0.2) is 0 Å². The molecule has 0 aliphatic rings. The van der Waals surface area contributed by atoms with Crippen molar-refractivity contribution in [2.45, 2.75) is 0 Å². The lowest BCUT2D eigenvalue weighted by molar-refractivity contribution is -0.384. The summed E-state index contributed by atoms with van der Waals surface area (Å²) in [6.45, 7) is 0. The maximum absolute atomic E-state index is 12.2. The first-order valence-electron chi connectivity index (χ1n) is 7.15. The van der Waals surface area contributed by atoms with Gasteiger partial charge in [0.25, 0.3) is 11.6 Å². The monoisotopic (exact) mass is 436 g/mol. The average Bonchev–Trinajstić information content (AvgIpc) is 3.03. The number of amides is 1. The maximum atomic E-state index is 12.2. The lowest BCUT2D eigenvalue weighted by Crippen LogP contribution is -2.13. The number of carbonyl (C=O) groups excluding carboxylic acids is 1. The van der Waals surface area contributed by atoms with Crippen LogP contribution in [0.5, 0.6) is 11.5 Å². The summed E-state index contributed by atoms with van der Waals surface area (Å²) in [6.07, 6.45) is 1.43. The van der Waals surface area contributed by atoms with Crippen LogP contribution in [0, 0.1) is 10.1 Å². The van der Waals surface area contributed by atoms with Crippen LogP contribution < -0.4 is 10.1 Å². The molecule has 1 amide bonds. The Kier molecular flexibility index (Phi) is 5.19. The van der Waals surface area contributed by atoms with Crippen LogP contribution in [-0.4, -0.2) is 21.0 Å². The van der Waals surface area contributed by atoms with E-state index >= 15 is 0 Å². The van der Waals surface area contributed by atoms with Gasteiger partial charge in [-0.2, -0.15) is 5.10 Å². The first-order valence-corrected chi connectivity index (χ1v) is 8.32. The minimum absolute atomic E-state index is 0.191. The zero-order valence-corrected chi connectivity index (χ0v) is 15.2. The lowest BCUT2D eigenvalue weighted by Gasteiger charge is -2.09. The van der Waals surface area contributed by atoms with E-state index in [4.69, 9.17) is 16.3 Å². The topological polar surface area (TPSA) is 110 Å². The summed E-state index contributed by atoms with van der Waals surface area (Å²) in [7, 11) is 0. The standard InChI is InChI=1S/C16H10BrClN4O4/c17-14-8-19-21-15(14)16(23)20-10-5-11(22(24)25)7-13(6-10)26-12-3-1-9(18)2-4-12/h1-8H,(H,19,21)(H,20,23). The average molecular weight is 438 g/mol. The predicted molar refractivity (Wildman–Crippen MR) is 98.9 cm³/mol.